The van der Waals surface area contributed by atoms with E-state index in [1.54, 1.807) is 53.4 Å². The average Bonchev–Trinajstić information content (AvgIpc) is 2.86. The highest BCUT2D eigenvalue weighted by Crippen LogP contribution is 2.28. The summed E-state index contributed by atoms with van der Waals surface area (Å²) in [6.45, 7) is 0.187. The zero-order valence-electron chi connectivity index (χ0n) is 18.4. The van der Waals surface area contributed by atoms with Crippen LogP contribution in [0.4, 0.5) is 11.4 Å². The number of anilines is 2. The van der Waals surface area contributed by atoms with E-state index in [1.807, 2.05) is 60.7 Å². The molecule has 6 heteroatoms. The lowest BCUT2D eigenvalue weighted by Crippen LogP contribution is -2.41. The molecule has 2 amide bonds. The quantitative estimate of drug-likeness (QED) is 0.329. The Bertz CT molecular complexity index is 1260. The molecular formula is C28H24ClN3O2. The van der Waals surface area contributed by atoms with Gasteiger partial charge in [0.25, 0.3) is 11.8 Å². The first-order chi connectivity index (χ1) is 16.5. The molecule has 0 saturated carbocycles. The molecule has 0 aliphatic heterocycles. The molecule has 4 aromatic rings. The van der Waals surface area contributed by atoms with Crippen molar-refractivity contribution in [3.8, 4) is 0 Å². The van der Waals surface area contributed by atoms with Gasteiger partial charge in [-0.15, -0.1) is 0 Å². The first-order valence-corrected chi connectivity index (χ1v) is 11.2. The molecule has 0 radical (unpaired) electrons. The van der Waals surface area contributed by atoms with Crippen LogP contribution in [0.1, 0.15) is 27.5 Å². The van der Waals surface area contributed by atoms with Gasteiger partial charge in [0.2, 0.25) is 0 Å². The zero-order valence-corrected chi connectivity index (χ0v) is 19.2. The first kappa shape index (κ1) is 23.1. The van der Waals surface area contributed by atoms with Crippen LogP contribution in [0.25, 0.3) is 0 Å². The summed E-state index contributed by atoms with van der Waals surface area (Å²) in [6, 6.07) is 31.6. The number of amides is 2. The van der Waals surface area contributed by atoms with E-state index in [2.05, 4.69) is 5.32 Å². The van der Waals surface area contributed by atoms with Crippen molar-refractivity contribution in [1.82, 2.24) is 4.90 Å². The SMILES string of the molecule is Nc1ccccc1C(=O)N(Cc1ccc(Cl)cc1)C(C(=O)Nc1ccccc1)c1ccccc1. The Morgan fingerprint density at radius 3 is 2.03 bits per heavy atom. The van der Waals surface area contributed by atoms with Gasteiger partial charge < -0.3 is 16.0 Å². The highest BCUT2D eigenvalue weighted by Gasteiger charge is 2.33. The number of carbonyl (C=O) groups is 2. The number of para-hydroxylation sites is 2. The fourth-order valence-electron chi connectivity index (χ4n) is 3.75. The van der Waals surface area contributed by atoms with E-state index in [1.165, 1.54) is 0 Å². The molecular weight excluding hydrogens is 446 g/mol. The highest BCUT2D eigenvalue weighted by atomic mass is 35.5. The van der Waals surface area contributed by atoms with Gasteiger partial charge in [0.05, 0.1) is 5.56 Å². The smallest absolute Gasteiger partial charge is 0.257 e. The topological polar surface area (TPSA) is 75.4 Å². The van der Waals surface area contributed by atoms with Gasteiger partial charge in [-0.25, -0.2) is 0 Å². The van der Waals surface area contributed by atoms with Crippen LogP contribution in [-0.4, -0.2) is 16.7 Å². The summed E-state index contributed by atoms with van der Waals surface area (Å²) in [4.78, 5) is 29.1. The molecule has 4 rings (SSSR count). The molecule has 3 N–H and O–H groups in total. The molecule has 1 unspecified atom stereocenters. The fraction of sp³-hybridized carbons (Fsp3) is 0.0714. The average molecular weight is 470 g/mol. The number of nitrogen functional groups attached to an aromatic ring is 1. The number of nitrogens with two attached hydrogens (primary N) is 1. The molecule has 0 fully saturated rings. The van der Waals surface area contributed by atoms with E-state index in [-0.39, 0.29) is 18.4 Å². The van der Waals surface area contributed by atoms with Crippen LogP contribution in [-0.2, 0) is 11.3 Å². The predicted molar refractivity (Wildman–Crippen MR) is 136 cm³/mol. The van der Waals surface area contributed by atoms with Crippen molar-refractivity contribution in [3.05, 3.63) is 131 Å². The number of rotatable bonds is 7. The maximum atomic E-state index is 13.8. The van der Waals surface area contributed by atoms with Crippen LogP contribution < -0.4 is 11.1 Å². The summed E-state index contributed by atoms with van der Waals surface area (Å²) in [5, 5.41) is 3.54. The number of carbonyl (C=O) groups excluding carboxylic acids is 2. The lowest BCUT2D eigenvalue weighted by Gasteiger charge is -2.32. The number of hydrogen-bond donors (Lipinski definition) is 2. The Morgan fingerprint density at radius 1 is 0.794 bits per heavy atom. The monoisotopic (exact) mass is 469 g/mol. The maximum absolute atomic E-state index is 13.8. The van der Waals surface area contributed by atoms with E-state index >= 15 is 0 Å². The van der Waals surface area contributed by atoms with Crippen molar-refractivity contribution < 1.29 is 9.59 Å². The third-order valence-electron chi connectivity index (χ3n) is 5.43. The molecule has 170 valence electrons. The number of nitrogens with one attached hydrogen (secondary N) is 1. The van der Waals surface area contributed by atoms with Gasteiger partial charge >= 0.3 is 0 Å². The van der Waals surface area contributed by atoms with Crippen LogP contribution in [0.15, 0.2) is 109 Å². The maximum Gasteiger partial charge on any atom is 0.257 e. The summed E-state index contributed by atoms with van der Waals surface area (Å²) in [5.41, 5.74) is 9.00. The highest BCUT2D eigenvalue weighted by molar-refractivity contribution is 6.30. The minimum absolute atomic E-state index is 0.187. The van der Waals surface area contributed by atoms with Gasteiger partial charge in [0, 0.05) is 22.9 Å². The lowest BCUT2D eigenvalue weighted by atomic mass is 10.0. The molecule has 4 aromatic carbocycles. The molecule has 0 aromatic heterocycles. The molecule has 34 heavy (non-hydrogen) atoms. The summed E-state index contributed by atoms with van der Waals surface area (Å²) >= 11 is 6.07. The van der Waals surface area contributed by atoms with E-state index in [0.717, 1.165) is 5.56 Å². The minimum atomic E-state index is -0.899. The Kier molecular flexibility index (Phi) is 7.25. The van der Waals surface area contributed by atoms with E-state index in [4.69, 9.17) is 17.3 Å². The number of benzene rings is 4. The van der Waals surface area contributed by atoms with Crippen molar-refractivity contribution in [1.29, 1.82) is 0 Å². The molecule has 0 heterocycles. The van der Waals surface area contributed by atoms with Gasteiger partial charge in [-0.2, -0.15) is 0 Å². The predicted octanol–water partition coefficient (Wildman–Crippen LogP) is 5.94. The first-order valence-electron chi connectivity index (χ1n) is 10.8. The second-order valence-corrected chi connectivity index (χ2v) is 8.25. The standard InChI is InChI=1S/C28H24ClN3O2/c29-22-17-15-20(16-18-22)19-32(28(34)24-13-7-8-14-25(24)30)26(21-9-3-1-4-10-21)27(33)31-23-11-5-2-6-12-23/h1-18,26H,19,30H2,(H,31,33). The Morgan fingerprint density at radius 2 is 1.38 bits per heavy atom. The van der Waals surface area contributed by atoms with Gasteiger partial charge in [0.1, 0.15) is 6.04 Å². The largest absolute Gasteiger partial charge is 0.398 e. The van der Waals surface area contributed by atoms with Gasteiger partial charge in [-0.3, -0.25) is 9.59 Å². The van der Waals surface area contributed by atoms with Crippen LogP contribution in [0.2, 0.25) is 5.02 Å². The van der Waals surface area contributed by atoms with Gasteiger partial charge in [-0.1, -0.05) is 84.4 Å². The van der Waals surface area contributed by atoms with Crippen molar-refractivity contribution in [2.75, 3.05) is 11.1 Å². The molecule has 0 spiro atoms. The fourth-order valence-corrected chi connectivity index (χ4v) is 3.88. The van der Waals surface area contributed by atoms with Crippen LogP contribution in [0.5, 0.6) is 0 Å². The number of nitrogens with zero attached hydrogens (tertiary/aromatic N) is 1. The van der Waals surface area contributed by atoms with E-state index in [9.17, 15) is 9.59 Å². The lowest BCUT2D eigenvalue weighted by molar-refractivity contribution is -0.121. The molecule has 0 saturated heterocycles. The third kappa shape index (κ3) is 5.45. The minimum Gasteiger partial charge on any atom is -0.398 e. The number of halogens is 1. The molecule has 0 aliphatic rings. The van der Waals surface area contributed by atoms with Gasteiger partial charge in [0.15, 0.2) is 0 Å². The Hall–Kier alpha value is -4.09. The van der Waals surface area contributed by atoms with Crippen LogP contribution in [0, 0.1) is 0 Å². The van der Waals surface area contributed by atoms with Crippen molar-refractivity contribution in [3.63, 3.8) is 0 Å². The Labute approximate surface area is 203 Å². The van der Waals surface area contributed by atoms with Crippen molar-refractivity contribution in [2.24, 2.45) is 0 Å². The normalized spacial score (nSPS) is 11.4. The summed E-state index contributed by atoms with van der Waals surface area (Å²) in [7, 11) is 0. The second kappa shape index (κ2) is 10.7. The number of hydrogen-bond acceptors (Lipinski definition) is 3. The molecule has 1 atom stereocenters. The molecule has 0 aliphatic carbocycles. The molecule has 0 bridgehead atoms. The van der Waals surface area contributed by atoms with Crippen molar-refractivity contribution >= 4 is 34.8 Å². The summed E-state index contributed by atoms with van der Waals surface area (Å²) in [5.74, 6) is -0.667. The van der Waals surface area contributed by atoms with Gasteiger partial charge in [-0.05, 0) is 47.5 Å². The second-order valence-electron chi connectivity index (χ2n) is 7.82. The van der Waals surface area contributed by atoms with Crippen LogP contribution in [0.3, 0.4) is 0 Å². The van der Waals surface area contributed by atoms with Crippen LogP contribution >= 0.6 is 11.6 Å². The third-order valence-corrected chi connectivity index (χ3v) is 5.69. The zero-order chi connectivity index (χ0) is 23.9. The molecule has 5 nitrogen and oxygen atoms in total. The summed E-state index contributed by atoms with van der Waals surface area (Å²) in [6.07, 6.45) is 0. The Balaban J connectivity index is 1.79. The van der Waals surface area contributed by atoms with E-state index < -0.39 is 6.04 Å². The van der Waals surface area contributed by atoms with E-state index in [0.29, 0.717) is 27.5 Å². The summed E-state index contributed by atoms with van der Waals surface area (Å²) < 4.78 is 0. The van der Waals surface area contributed by atoms with Crippen molar-refractivity contribution in [2.45, 2.75) is 12.6 Å².